The summed E-state index contributed by atoms with van der Waals surface area (Å²) in [6.07, 6.45) is 3.28. The normalized spacial score (nSPS) is 18.3. The Kier molecular flexibility index (Phi) is 7.01. The lowest BCUT2D eigenvalue weighted by Gasteiger charge is -2.32. The molecule has 0 unspecified atom stereocenters. The first-order chi connectivity index (χ1) is 13.1. The Morgan fingerprint density at radius 3 is 2.67 bits per heavy atom. The Morgan fingerprint density at radius 2 is 1.96 bits per heavy atom. The van der Waals surface area contributed by atoms with Crippen molar-refractivity contribution in [3.8, 4) is 5.88 Å². The molecule has 7 heteroatoms. The molecule has 150 valence electrons. The number of carbonyl (C=O) groups excluding carboxylic acids is 1. The molecular weight excluding hydrogens is 346 g/mol. The molecule has 0 aliphatic carbocycles. The van der Waals surface area contributed by atoms with Crippen LogP contribution in [-0.4, -0.2) is 66.4 Å². The van der Waals surface area contributed by atoms with Crippen molar-refractivity contribution >= 4 is 5.91 Å². The standard InChI is InChI=1S/C20H31N3O4/c1-4-25-13-18(24)23-9-5-15(6-10-23)27-20-16-7-11-26-12-8-17(16)21-19(22-20)14(2)3/h14-15H,4-13H2,1-3H3. The number of amides is 1. The summed E-state index contributed by atoms with van der Waals surface area (Å²) in [5, 5.41) is 0. The quantitative estimate of drug-likeness (QED) is 0.756. The van der Waals surface area contributed by atoms with Gasteiger partial charge in [-0.25, -0.2) is 4.98 Å². The van der Waals surface area contributed by atoms with Crippen LogP contribution in [0, 0.1) is 0 Å². The molecule has 27 heavy (non-hydrogen) atoms. The number of hydrogen-bond donors (Lipinski definition) is 0. The fraction of sp³-hybridized carbons (Fsp3) is 0.750. The second-order valence-corrected chi connectivity index (χ2v) is 7.41. The lowest BCUT2D eigenvalue weighted by molar-refractivity contribution is -0.137. The predicted molar refractivity (Wildman–Crippen MR) is 101 cm³/mol. The maximum Gasteiger partial charge on any atom is 0.248 e. The molecule has 0 aromatic carbocycles. The highest BCUT2D eigenvalue weighted by molar-refractivity contribution is 5.77. The number of carbonyl (C=O) groups is 1. The zero-order valence-corrected chi connectivity index (χ0v) is 16.7. The molecule has 1 aromatic heterocycles. The summed E-state index contributed by atoms with van der Waals surface area (Å²) in [6, 6.07) is 0. The molecule has 0 bridgehead atoms. The fourth-order valence-corrected chi connectivity index (χ4v) is 3.45. The van der Waals surface area contributed by atoms with E-state index in [0.717, 1.165) is 42.8 Å². The molecule has 2 aliphatic rings. The lowest BCUT2D eigenvalue weighted by Crippen LogP contribution is -2.43. The van der Waals surface area contributed by atoms with Gasteiger partial charge in [0, 0.05) is 56.9 Å². The maximum absolute atomic E-state index is 12.1. The van der Waals surface area contributed by atoms with Crippen molar-refractivity contribution in [2.75, 3.05) is 39.5 Å². The van der Waals surface area contributed by atoms with E-state index in [1.165, 1.54) is 0 Å². The molecule has 7 nitrogen and oxygen atoms in total. The summed E-state index contributed by atoms with van der Waals surface area (Å²) in [5.41, 5.74) is 2.15. The van der Waals surface area contributed by atoms with Crippen LogP contribution < -0.4 is 4.74 Å². The minimum atomic E-state index is 0.0606. The monoisotopic (exact) mass is 377 g/mol. The first-order valence-corrected chi connectivity index (χ1v) is 10.1. The van der Waals surface area contributed by atoms with Crippen molar-refractivity contribution in [2.45, 2.75) is 58.5 Å². The average Bonchev–Trinajstić information content (AvgIpc) is 2.92. The minimum Gasteiger partial charge on any atom is -0.474 e. The van der Waals surface area contributed by atoms with Gasteiger partial charge in [0.25, 0.3) is 0 Å². The van der Waals surface area contributed by atoms with Crippen LogP contribution in [0.3, 0.4) is 0 Å². The second kappa shape index (κ2) is 9.46. The molecule has 2 aliphatic heterocycles. The summed E-state index contributed by atoms with van der Waals surface area (Å²) >= 11 is 0. The van der Waals surface area contributed by atoms with Crippen LogP contribution in [0.1, 0.15) is 56.6 Å². The van der Waals surface area contributed by atoms with Crippen LogP contribution >= 0.6 is 0 Å². The number of likely N-dealkylation sites (tertiary alicyclic amines) is 1. The Bertz CT molecular complexity index is 642. The van der Waals surface area contributed by atoms with E-state index in [1.807, 2.05) is 11.8 Å². The minimum absolute atomic E-state index is 0.0606. The first kappa shape index (κ1) is 20.0. The van der Waals surface area contributed by atoms with Gasteiger partial charge < -0.3 is 19.1 Å². The van der Waals surface area contributed by atoms with Gasteiger partial charge >= 0.3 is 0 Å². The summed E-state index contributed by atoms with van der Waals surface area (Å²) < 4.78 is 17.2. The van der Waals surface area contributed by atoms with Gasteiger partial charge in [0.2, 0.25) is 11.8 Å². The van der Waals surface area contributed by atoms with E-state index in [-0.39, 0.29) is 24.5 Å². The smallest absolute Gasteiger partial charge is 0.248 e. The molecule has 3 heterocycles. The Labute approximate surface area is 161 Å². The van der Waals surface area contributed by atoms with E-state index < -0.39 is 0 Å². The summed E-state index contributed by atoms with van der Waals surface area (Å²) in [4.78, 5) is 23.4. The molecule has 0 saturated carbocycles. The van der Waals surface area contributed by atoms with Crippen LogP contribution in [-0.2, 0) is 27.1 Å². The van der Waals surface area contributed by atoms with Gasteiger partial charge in [-0.2, -0.15) is 4.98 Å². The highest BCUT2D eigenvalue weighted by Gasteiger charge is 2.26. The van der Waals surface area contributed by atoms with Crippen LogP contribution in [0.2, 0.25) is 0 Å². The van der Waals surface area contributed by atoms with Gasteiger partial charge in [0.1, 0.15) is 18.5 Å². The zero-order chi connectivity index (χ0) is 19.2. The molecule has 1 fully saturated rings. The number of fused-ring (bicyclic) bond motifs is 1. The van der Waals surface area contributed by atoms with E-state index in [0.29, 0.717) is 38.8 Å². The summed E-state index contributed by atoms with van der Waals surface area (Å²) in [6.45, 7) is 9.59. The number of aromatic nitrogens is 2. The molecule has 1 aromatic rings. The number of hydrogen-bond acceptors (Lipinski definition) is 6. The largest absolute Gasteiger partial charge is 0.474 e. The molecule has 3 rings (SSSR count). The van der Waals surface area contributed by atoms with Crippen molar-refractivity contribution in [3.63, 3.8) is 0 Å². The number of ether oxygens (including phenoxy) is 3. The van der Waals surface area contributed by atoms with Crippen molar-refractivity contribution in [1.29, 1.82) is 0 Å². The van der Waals surface area contributed by atoms with E-state index >= 15 is 0 Å². The fourth-order valence-electron chi connectivity index (χ4n) is 3.45. The van der Waals surface area contributed by atoms with Crippen molar-refractivity contribution in [2.24, 2.45) is 0 Å². The highest BCUT2D eigenvalue weighted by Crippen LogP contribution is 2.27. The predicted octanol–water partition coefficient (Wildman–Crippen LogP) is 2.12. The Balaban J connectivity index is 1.67. The average molecular weight is 377 g/mol. The lowest BCUT2D eigenvalue weighted by atomic mass is 10.1. The Hall–Kier alpha value is -1.73. The number of nitrogens with zero attached hydrogens (tertiary/aromatic N) is 3. The van der Waals surface area contributed by atoms with E-state index in [1.54, 1.807) is 0 Å². The van der Waals surface area contributed by atoms with Gasteiger partial charge in [-0.3, -0.25) is 4.79 Å². The second-order valence-electron chi connectivity index (χ2n) is 7.41. The van der Waals surface area contributed by atoms with E-state index in [9.17, 15) is 4.79 Å². The van der Waals surface area contributed by atoms with Crippen LogP contribution in [0.5, 0.6) is 5.88 Å². The number of piperidine rings is 1. The van der Waals surface area contributed by atoms with Crippen molar-refractivity contribution < 1.29 is 19.0 Å². The first-order valence-electron chi connectivity index (χ1n) is 10.1. The third kappa shape index (κ3) is 5.17. The third-order valence-electron chi connectivity index (χ3n) is 5.07. The number of rotatable bonds is 6. The van der Waals surface area contributed by atoms with Crippen molar-refractivity contribution in [1.82, 2.24) is 14.9 Å². The molecule has 1 saturated heterocycles. The molecule has 0 atom stereocenters. The maximum atomic E-state index is 12.1. The highest BCUT2D eigenvalue weighted by atomic mass is 16.5. The van der Waals surface area contributed by atoms with Crippen molar-refractivity contribution in [3.05, 3.63) is 17.1 Å². The SMILES string of the molecule is CCOCC(=O)N1CCC(Oc2nc(C(C)C)nc3c2CCOCC3)CC1. The van der Waals surface area contributed by atoms with Gasteiger partial charge in [0.15, 0.2) is 0 Å². The summed E-state index contributed by atoms with van der Waals surface area (Å²) in [5.74, 6) is 1.86. The topological polar surface area (TPSA) is 73.8 Å². The summed E-state index contributed by atoms with van der Waals surface area (Å²) in [7, 11) is 0. The zero-order valence-electron chi connectivity index (χ0n) is 16.7. The molecule has 0 N–H and O–H groups in total. The van der Waals surface area contributed by atoms with Crippen LogP contribution in [0.15, 0.2) is 0 Å². The third-order valence-corrected chi connectivity index (χ3v) is 5.07. The van der Waals surface area contributed by atoms with Crippen LogP contribution in [0.4, 0.5) is 0 Å². The molecular formula is C20H31N3O4. The van der Waals surface area contributed by atoms with E-state index in [4.69, 9.17) is 24.2 Å². The van der Waals surface area contributed by atoms with Gasteiger partial charge in [-0.15, -0.1) is 0 Å². The van der Waals surface area contributed by atoms with Gasteiger partial charge in [0.05, 0.1) is 18.9 Å². The Morgan fingerprint density at radius 1 is 1.22 bits per heavy atom. The molecule has 0 radical (unpaired) electrons. The van der Waals surface area contributed by atoms with Gasteiger partial charge in [-0.1, -0.05) is 13.8 Å². The van der Waals surface area contributed by atoms with Gasteiger partial charge in [-0.05, 0) is 6.92 Å². The molecule has 1 amide bonds. The molecule has 0 spiro atoms. The van der Waals surface area contributed by atoms with E-state index in [2.05, 4.69) is 13.8 Å². The van der Waals surface area contributed by atoms with Crippen LogP contribution in [0.25, 0.3) is 0 Å².